The van der Waals surface area contributed by atoms with Crippen LogP contribution in [0.4, 0.5) is 15.2 Å². The first-order valence-corrected chi connectivity index (χ1v) is 7.90. The van der Waals surface area contributed by atoms with Crippen molar-refractivity contribution >= 4 is 46.4 Å². The third-order valence-electron chi connectivity index (χ3n) is 2.92. The number of nitrogens with zero attached hydrogens (tertiary/aromatic N) is 1. The number of anilines is 2. The summed E-state index contributed by atoms with van der Waals surface area (Å²) in [5.41, 5.74) is 6.46. The number of hydrogen-bond donors (Lipinski definition) is 3. The first-order chi connectivity index (χ1) is 11.0. The van der Waals surface area contributed by atoms with Crippen molar-refractivity contribution in [3.8, 4) is 11.3 Å². The minimum Gasteiger partial charge on any atom is -0.330 e. The molecular weight excluding hydrogens is 355 g/mol. The zero-order valence-corrected chi connectivity index (χ0v) is 14.6. The number of nitrogens with two attached hydrogens (primary N) is 1. The van der Waals surface area contributed by atoms with Gasteiger partial charge in [-0.05, 0) is 31.2 Å². The highest BCUT2D eigenvalue weighted by atomic mass is 35.5. The smallest absolute Gasteiger partial charge is 0.226 e. The van der Waals surface area contributed by atoms with E-state index in [0.29, 0.717) is 41.5 Å². The van der Waals surface area contributed by atoms with E-state index in [1.807, 2.05) is 0 Å². The zero-order chi connectivity index (χ0) is 16.8. The van der Waals surface area contributed by atoms with Gasteiger partial charge >= 0.3 is 0 Å². The molecule has 2 aromatic rings. The van der Waals surface area contributed by atoms with Crippen LogP contribution in [0.5, 0.6) is 0 Å². The molecule has 2 rings (SSSR count). The van der Waals surface area contributed by atoms with E-state index < -0.39 is 5.82 Å². The van der Waals surface area contributed by atoms with E-state index in [0.717, 1.165) is 0 Å². The van der Waals surface area contributed by atoms with E-state index in [-0.39, 0.29) is 24.2 Å². The van der Waals surface area contributed by atoms with Crippen LogP contribution in [-0.4, -0.2) is 23.3 Å². The molecule has 0 saturated heterocycles. The molecule has 0 aliphatic heterocycles. The molecule has 4 N–H and O–H groups in total. The lowest BCUT2D eigenvalue weighted by molar-refractivity contribution is -0.116. The Bertz CT molecular complexity index is 723. The van der Waals surface area contributed by atoms with Gasteiger partial charge < -0.3 is 16.4 Å². The van der Waals surface area contributed by atoms with Crippen LogP contribution in [0.2, 0.25) is 0 Å². The minimum atomic E-state index is -0.498. The summed E-state index contributed by atoms with van der Waals surface area (Å²) in [6.45, 7) is 1.80. The van der Waals surface area contributed by atoms with Gasteiger partial charge in [0.15, 0.2) is 5.13 Å². The van der Waals surface area contributed by atoms with Crippen molar-refractivity contribution in [1.82, 2.24) is 4.98 Å². The fraction of sp³-hybridized carbons (Fsp3) is 0.267. The van der Waals surface area contributed by atoms with Gasteiger partial charge in [0.1, 0.15) is 5.82 Å². The molecule has 6 nitrogen and oxygen atoms in total. The van der Waals surface area contributed by atoms with Crippen LogP contribution in [0.1, 0.15) is 19.8 Å². The molecule has 0 radical (unpaired) electrons. The van der Waals surface area contributed by atoms with Gasteiger partial charge in [-0.3, -0.25) is 9.59 Å². The minimum absolute atomic E-state index is 0. The summed E-state index contributed by atoms with van der Waals surface area (Å²) >= 11 is 1.22. The van der Waals surface area contributed by atoms with Gasteiger partial charge in [-0.25, -0.2) is 9.37 Å². The van der Waals surface area contributed by atoms with Crippen LogP contribution < -0.4 is 16.4 Å². The molecule has 0 spiro atoms. The van der Waals surface area contributed by atoms with Gasteiger partial charge in [-0.15, -0.1) is 23.7 Å². The van der Waals surface area contributed by atoms with Crippen molar-refractivity contribution < 1.29 is 14.0 Å². The average molecular weight is 373 g/mol. The number of halogens is 2. The predicted molar refractivity (Wildman–Crippen MR) is 96.0 cm³/mol. The highest BCUT2D eigenvalue weighted by Gasteiger charge is 2.12. The molecule has 0 aliphatic carbocycles. The summed E-state index contributed by atoms with van der Waals surface area (Å²) in [6, 6.07) is 4.37. The first kappa shape index (κ1) is 20.0. The number of nitrogens with one attached hydrogen (secondary N) is 2. The molecule has 0 aliphatic rings. The van der Waals surface area contributed by atoms with Crippen LogP contribution in [0, 0.1) is 5.82 Å². The third kappa shape index (κ3) is 5.55. The third-order valence-corrected chi connectivity index (χ3v) is 3.68. The summed E-state index contributed by atoms with van der Waals surface area (Å²) < 4.78 is 14.1. The molecule has 0 fully saturated rings. The largest absolute Gasteiger partial charge is 0.330 e. The van der Waals surface area contributed by atoms with Crippen molar-refractivity contribution in [3.05, 3.63) is 29.4 Å². The standard InChI is InChI=1S/C15H17FN4O2S.ClH/c1-9(21)18-10-4-5-11(12(16)7-10)13-8-23-15(19-13)20-14(22)3-2-6-17;/h4-5,7-8H,2-3,6,17H2,1H3,(H,18,21)(H,19,20,22);1H. The van der Waals surface area contributed by atoms with Gasteiger partial charge in [-0.2, -0.15) is 0 Å². The molecule has 0 saturated carbocycles. The molecule has 1 heterocycles. The Kier molecular flexibility index (Phi) is 7.76. The van der Waals surface area contributed by atoms with Crippen molar-refractivity contribution in [1.29, 1.82) is 0 Å². The summed E-state index contributed by atoms with van der Waals surface area (Å²) in [6.07, 6.45) is 0.925. The maximum Gasteiger partial charge on any atom is 0.226 e. The van der Waals surface area contributed by atoms with Crippen LogP contribution in [0.15, 0.2) is 23.6 Å². The summed E-state index contributed by atoms with van der Waals surface area (Å²) in [5.74, 6) is -0.936. The predicted octanol–water partition coefficient (Wildman–Crippen LogP) is 3.01. The fourth-order valence-corrected chi connectivity index (χ4v) is 2.63. The molecule has 2 amide bonds. The van der Waals surface area contributed by atoms with E-state index in [1.54, 1.807) is 11.4 Å². The quantitative estimate of drug-likeness (QED) is 0.726. The zero-order valence-electron chi connectivity index (χ0n) is 13.0. The van der Waals surface area contributed by atoms with Crippen molar-refractivity contribution in [2.75, 3.05) is 17.2 Å². The van der Waals surface area contributed by atoms with Crippen molar-refractivity contribution in [3.63, 3.8) is 0 Å². The Morgan fingerprint density at radius 2 is 2.08 bits per heavy atom. The normalized spacial score (nSPS) is 9.96. The Morgan fingerprint density at radius 3 is 2.71 bits per heavy atom. The number of rotatable bonds is 6. The Morgan fingerprint density at radius 1 is 1.33 bits per heavy atom. The van der Waals surface area contributed by atoms with E-state index in [2.05, 4.69) is 15.6 Å². The lowest BCUT2D eigenvalue weighted by Gasteiger charge is -2.05. The molecule has 0 unspecified atom stereocenters. The van der Waals surface area contributed by atoms with Gasteiger partial charge in [0, 0.05) is 30.0 Å². The van der Waals surface area contributed by atoms with Gasteiger partial charge in [0.05, 0.1) is 5.69 Å². The first-order valence-electron chi connectivity index (χ1n) is 7.02. The van der Waals surface area contributed by atoms with Gasteiger partial charge in [-0.1, -0.05) is 0 Å². The van der Waals surface area contributed by atoms with Crippen molar-refractivity contribution in [2.45, 2.75) is 19.8 Å². The maximum atomic E-state index is 14.1. The summed E-state index contributed by atoms with van der Waals surface area (Å²) in [5, 5.41) is 7.24. The van der Waals surface area contributed by atoms with Crippen molar-refractivity contribution in [2.24, 2.45) is 5.73 Å². The summed E-state index contributed by atoms with van der Waals surface area (Å²) in [7, 11) is 0. The molecule has 0 bridgehead atoms. The Balaban J connectivity index is 0.00000288. The maximum absolute atomic E-state index is 14.1. The monoisotopic (exact) mass is 372 g/mol. The molecule has 9 heteroatoms. The average Bonchev–Trinajstić information content (AvgIpc) is 2.92. The SMILES string of the molecule is CC(=O)Nc1ccc(-c2csc(NC(=O)CCCN)n2)c(F)c1.Cl. The highest BCUT2D eigenvalue weighted by molar-refractivity contribution is 7.14. The van der Waals surface area contributed by atoms with Gasteiger partial charge in [0.25, 0.3) is 0 Å². The second-order valence-corrected chi connectivity index (χ2v) is 5.71. The fourth-order valence-electron chi connectivity index (χ4n) is 1.90. The number of amides is 2. The van der Waals surface area contributed by atoms with Crippen LogP contribution in [-0.2, 0) is 9.59 Å². The van der Waals surface area contributed by atoms with Crippen LogP contribution >= 0.6 is 23.7 Å². The molecule has 130 valence electrons. The Hall–Kier alpha value is -2.03. The highest BCUT2D eigenvalue weighted by Crippen LogP contribution is 2.28. The lowest BCUT2D eigenvalue weighted by atomic mass is 10.1. The van der Waals surface area contributed by atoms with Crippen LogP contribution in [0.25, 0.3) is 11.3 Å². The number of carbonyl (C=O) groups is 2. The topological polar surface area (TPSA) is 97.1 Å². The molecule has 24 heavy (non-hydrogen) atoms. The molecule has 0 atom stereocenters. The number of thiazole rings is 1. The van der Waals surface area contributed by atoms with Gasteiger partial charge in [0.2, 0.25) is 11.8 Å². The second-order valence-electron chi connectivity index (χ2n) is 4.85. The second kappa shape index (κ2) is 9.31. The van der Waals surface area contributed by atoms with E-state index in [4.69, 9.17) is 5.73 Å². The molecular formula is C15H18ClFN4O2S. The van der Waals surface area contributed by atoms with Crippen LogP contribution in [0.3, 0.4) is 0 Å². The number of hydrogen-bond acceptors (Lipinski definition) is 5. The van der Waals surface area contributed by atoms with E-state index in [9.17, 15) is 14.0 Å². The number of aromatic nitrogens is 1. The Labute approximate surface area is 149 Å². The summed E-state index contributed by atoms with van der Waals surface area (Å²) in [4.78, 5) is 26.8. The number of carbonyl (C=O) groups excluding carboxylic acids is 2. The molecule has 1 aromatic heterocycles. The van der Waals surface area contributed by atoms with E-state index >= 15 is 0 Å². The lowest BCUT2D eigenvalue weighted by Crippen LogP contribution is -2.13. The van der Waals surface area contributed by atoms with E-state index in [1.165, 1.54) is 30.4 Å². The number of benzene rings is 1. The molecule has 1 aromatic carbocycles.